The van der Waals surface area contributed by atoms with Gasteiger partial charge in [0.25, 0.3) is 0 Å². The second-order valence-electron chi connectivity index (χ2n) is 4.84. The highest BCUT2D eigenvalue weighted by molar-refractivity contribution is 6.28. The molecule has 0 fully saturated rings. The smallest absolute Gasteiger partial charge is 0.228 e. The normalized spacial score (nSPS) is 15.7. The number of rotatable bonds is 3. The first-order valence-corrected chi connectivity index (χ1v) is 6.55. The number of carbonyl (C=O) groups is 1. The standard InChI is InChI=1S/C12H18ClN5O/c1-16(2)6-7-18-5-4-10(19)17(3)9-8-14-12(13)15-11(9)18/h8H,4-7H2,1-3H3. The van der Waals surface area contributed by atoms with Gasteiger partial charge in [0.05, 0.1) is 6.20 Å². The van der Waals surface area contributed by atoms with E-state index in [1.807, 2.05) is 14.1 Å². The van der Waals surface area contributed by atoms with Crippen LogP contribution in [0.4, 0.5) is 11.5 Å². The quantitative estimate of drug-likeness (QED) is 0.771. The first kappa shape index (κ1) is 14.0. The van der Waals surface area contributed by atoms with Crippen LogP contribution in [0.3, 0.4) is 0 Å². The topological polar surface area (TPSA) is 52.6 Å². The van der Waals surface area contributed by atoms with Gasteiger partial charge in [-0.2, -0.15) is 4.98 Å². The fourth-order valence-electron chi connectivity index (χ4n) is 1.99. The summed E-state index contributed by atoms with van der Waals surface area (Å²) in [6.07, 6.45) is 2.08. The minimum absolute atomic E-state index is 0.0690. The molecule has 19 heavy (non-hydrogen) atoms. The van der Waals surface area contributed by atoms with Gasteiger partial charge >= 0.3 is 0 Å². The fraction of sp³-hybridized carbons (Fsp3) is 0.583. The zero-order chi connectivity index (χ0) is 14.0. The van der Waals surface area contributed by atoms with Crippen LogP contribution in [-0.4, -0.2) is 61.6 Å². The van der Waals surface area contributed by atoms with Crippen LogP contribution in [-0.2, 0) is 4.79 Å². The number of hydrogen-bond donors (Lipinski definition) is 0. The summed E-state index contributed by atoms with van der Waals surface area (Å²) in [5, 5.41) is 0.205. The number of aromatic nitrogens is 2. The summed E-state index contributed by atoms with van der Waals surface area (Å²) in [5.74, 6) is 0.801. The predicted molar refractivity (Wildman–Crippen MR) is 75.8 cm³/mol. The zero-order valence-electron chi connectivity index (χ0n) is 11.4. The lowest BCUT2D eigenvalue weighted by atomic mass is 10.3. The molecule has 6 nitrogen and oxygen atoms in total. The SMILES string of the molecule is CN(C)CCN1CCC(=O)N(C)c2cnc(Cl)nc21. The van der Waals surface area contributed by atoms with E-state index in [0.29, 0.717) is 18.7 Å². The van der Waals surface area contributed by atoms with Crippen LogP contribution in [0.15, 0.2) is 6.20 Å². The van der Waals surface area contributed by atoms with E-state index in [4.69, 9.17) is 11.6 Å². The van der Waals surface area contributed by atoms with Crippen molar-refractivity contribution in [2.75, 3.05) is 50.6 Å². The Balaban J connectivity index is 2.34. The van der Waals surface area contributed by atoms with Crippen molar-refractivity contribution < 1.29 is 4.79 Å². The largest absolute Gasteiger partial charge is 0.353 e. The third kappa shape index (κ3) is 3.13. The van der Waals surface area contributed by atoms with Gasteiger partial charge < -0.3 is 14.7 Å². The summed E-state index contributed by atoms with van der Waals surface area (Å²) in [4.78, 5) is 26.0. The number of nitrogens with zero attached hydrogens (tertiary/aromatic N) is 5. The molecule has 1 amide bonds. The monoisotopic (exact) mass is 283 g/mol. The maximum absolute atomic E-state index is 11.9. The van der Waals surface area contributed by atoms with Crippen LogP contribution in [0.1, 0.15) is 6.42 Å². The molecular formula is C12H18ClN5O. The van der Waals surface area contributed by atoms with E-state index in [9.17, 15) is 4.79 Å². The van der Waals surface area contributed by atoms with Crippen molar-refractivity contribution in [1.29, 1.82) is 0 Å². The van der Waals surface area contributed by atoms with Gasteiger partial charge in [-0.1, -0.05) is 0 Å². The highest BCUT2D eigenvalue weighted by Gasteiger charge is 2.25. The summed E-state index contributed by atoms with van der Waals surface area (Å²) in [6.45, 7) is 2.34. The molecule has 0 N–H and O–H groups in total. The highest BCUT2D eigenvalue weighted by atomic mass is 35.5. The van der Waals surface area contributed by atoms with Crippen molar-refractivity contribution >= 4 is 29.0 Å². The lowest BCUT2D eigenvalue weighted by Gasteiger charge is -2.25. The van der Waals surface area contributed by atoms with E-state index in [2.05, 4.69) is 19.8 Å². The molecule has 0 unspecified atom stereocenters. The summed E-state index contributed by atoms with van der Waals surface area (Å²) < 4.78 is 0. The van der Waals surface area contributed by atoms with Gasteiger partial charge in [0.15, 0.2) is 5.82 Å². The van der Waals surface area contributed by atoms with Crippen LogP contribution < -0.4 is 9.80 Å². The predicted octanol–water partition coefficient (Wildman–Crippen LogP) is 0.865. The van der Waals surface area contributed by atoms with Gasteiger partial charge in [0.1, 0.15) is 5.69 Å². The molecule has 0 radical (unpaired) electrons. The molecule has 0 aliphatic carbocycles. The number of hydrogen-bond acceptors (Lipinski definition) is 5. The molecule has 0 aromatic carbocycles. The van der Waals surface area contributed by atoms with Crippen LogP contribution in [0.5, 0.6) is 0 Å². The highest BCUT2D eigenvalue weighted by Crippen LogP contribution is 2.29. The van der Waals surface area contributed by atoms with E-state index < -0.39 is 0 Å². The Morgan fingerprint density at radius 2 is 2.21 bits per heavy atom. The lowest BCUT2D eigenvalue weighted by Crippen LogP contribution is -2.33. The molecule has 0 saturated carbocycles. The van der Waals surface area contributed by atoms with E-state index >= 15 is 0 Å². The van der Waals surface area contributed by atoms with Crippen LogP contribution in [0.25, 0.3) is 0 Å². The van der Waals surface area contributed by atoms with Crippen molar-refractivity contribution in [1.82, 2.24) is 14.9 Å². The number of halogens is 1. The van der Waals surface area contributed by atoms with Crippen molar-refractivity contribution in [3.63, 3.8) is 0 Å². The molecule has 1 aliphatic rings. The number of carbonyl (C=O) groups excluding carboxylic acids is 1. The Labute approximate surface area is 118 Å². The van der Waals surface area contributed by atoms with Gasteiger partial charge in [-0.3, -0.25) is 4.79 Å². The third-order valence-corrected chi connectivity index (χ3v) is 3.35. The molecule has 1 aromatic rings. The van der Waals surface area contributed by atoms with E-state index in [1.165, 1.54) is 0 Å². The molecule has 7 heteroatoms. The van der Waals surface area contributed by atoms with E-state index in [1.54, 1.807) is 18.1 Å². The molecule has 0 spiro atoms. The summed E-state index contributed by atoms with van der Waals surface area (Å²) >= 11 is 5.88. The second-order valence-corrected chi connectivity index (χ2v) is 5.18. The van der Waals surface area contributed by atoms with E-state index in [0.717, 1.165) is 18.9 Å². The molecule has 2 rings (SSSR count). The lowest BCUT2D eigenvalue weighted by molar-refractivity contribution is -0.118. The summed E-state index contributed by atoms with van der Waals surface area (Å²) in [5.41, 5.74) is 0.714. The molecule has 1 aliphatic heterocycles. The van der Waals surface area contributed by atoms with Crippen molar-refractivity contribution in [2.24, 2.45) is 0 Å². The summed E-state index contributed by atoms with van der Waals surface area (Å²) in [6, 6.07) is 0. The van der Waals surface area contributed by atoms with Gasteiger partial charge in [0.2, 0.25) is 11.2 Å². The average molecular weight is 284 g/mol. The maximum Gasteiger partial charge on any atom is 0.228 e. The number of anilines is 2. The molecule has 104 valence electrons. The van der Waals surface area contributed by atoms with Crippen LogP contribution in [0.2, 0.25) is 5.28 Å². The first-order chi connectivity index (χ1) is 8.99. The summed E-state index contributed by atoms with van der Waals surface area (Å²) in [7, 11) is 5.78. The third-order valence-electron chi connectivity index (χ3n) is 3.17. The van der Waals surface area contributed by atoms with Gasteiger partial charge in [-0.25, -0.2) is 4.98 Å². The molecule has 2 heterocycles. The van der Waals surface area contributed by atoms with Crippen molar-refractivity contribution in [3.05, 3.63) is 11.5 Å². The van der Waals surface area contributed by atoms with Crippen LogP contribution in [0, 0.1) is 0 Å². The molecule has 0 atom stereocenters. The van der Waals surface area contributed by atoms with Gasteiger partial charge in [0, 0.05) is 33.1 Å². The van der Waals surface area contributed by atoms with Gasteiger partial charge in [-0.05, 0) is 25.7 Å². The van der Waals surface area contributed by atoms with Crippen molar-refractivity contribution in [3.8, 4) is 0 Å². The van der Waals surface area contributed by atoms with Crippen molar-refractivity contribution in [2.45, 2.75) is 6.42 Å². The Hall–Kier alpha value is -1.40. The Kier molecular flexibility index (Phi) is 4.21. The minimum Gasteiger partial charge on any atom is -0.353 e. The minimum atomic E-state index is 0.0690. The average Bonchev–Trinajstić information content (AvgIpc) is 2.47. The molecule has 0 bridgehead atoms. The second kappa shape index (κ2) is 5.71. The van der Waals surface area contributed by atoms with Gasteiger partial charge in [-0.15, -0.1) is 0 Å². The fourth-order valence-corrected chi connectivity index (χ4v) is 2.12. The first-order valence-electron chi connectivity index (χ1n) is 6.18. The van der Waals surface area contributed by atoms with E-state index in [-0.39, 0.29) is 11.2 Å². The Bertz CT molecular complexity index is 479. The number of likely N-dealkylation sites (N-methyl/N-ethyl adjacent to an activating group) is 1. The Morgan fingerprint density at radius 3 is 2.89 bits per heavy atom. The number of amides is 1. The Morgan fingerprint density at radius 1 is 1.47 bits per heavy atom. The molecular weight excluding hydrogens is 266 g/mol. The molecule has 1 aromatic heterocycles. The maximum atomic E-state index is 11.9. The number of fused-ring (bicyclic) bond motifs is 1. The van der Waals surface area contributed by atoms with Crippen LogP contribution >= 0.6 is 11.6 Å². The zero-order valence-corrected chi connectivity index (χ0v) is 12.2. The molecule has 0 saturated heterocycles.